The highest BCUT2D eigenvalue weighted by atomic mass is 16.5. The molecule has 2 atom stereocenters. The fourth-order valence-electron chi connectivity index (χ4n) is 3.20. The molecular formula is C21H23N5O2. The van der Waals surface area contributed by atoms with Gasteiger partial charge in [-0.25, -0.2) is 15.5 Å². The fraction of sp³-hybridized carbons (Fsp3) is 0.238. The number of rotatable bonds is 6. The Morgan fingerprint density at radius 1 is 1.14 bits per heavy atom. The molecule has 1 amide bonds. The van der Waals surface area contributed by atoms with Gasteiger partial charge in [-0.2, -0.15) is 5.10 Å². The topological polar surface area (TPSA) is 80.2 Å². The summed E-state index contributed by atoms with van der Waals surface area (Å²) in [7, 11) is 0. The van der Waals surface area contributed by atoms with E-state index in [1.54, 1.807) is 16.9 Å². The number of hydrazine groups is 1. The Bertz CT molecular complexity index is 941. The van der Waals surface area contributed by atoms with Gasteiger partial charge in [0.2, 0.25) is 0 Å². The summed E-state index contributed by atoms with van der Waals surface area (Å²) in [5.74, 6) is 0.583. The standard InChI is InChI=1S/C21H23N5O2/c1-15-7-5-6-10-19(15)28-14-26-12-11-17(25-26)21(27)22-20-13-18(23-24-20)16-8-3-2-4-9-16/h2-12,18,20,23-24H,13-14H2,1H3,(H,22,27). The van der Waals surface area contributed by atoms with Crippen LogP contribution < -0.4 is 20.9 Å². The third kappa shape index (κ3) is 4.21. The summed E-state index contributed by atoms with van der Waals surface area (Å²) >= 11 is 0. The van der Waals surface area contributed by atoms with E-state index in [0.717, 1.165) is 17.7 Å². The molecule has 7 nitrogen and oxygen atoms in total. The van der Waals surface area contributed by atoms with Gasteiger partial charge >= 0.3 is 0 Å². The summed E-state index contributed by atoms with van der Waals surface area (Å²) in [5.41, 5.74) is 8.94. The van der Waals surface area contributed by atoms with Crippen LogP contribution in [0, 0.1) is 6.92 Å². The molecule has 0 saturated carbocycles. The Hall–Kier alpha value is -3.16. The number of hydrogen-bond acceptors (Lipinski definition) is 5. The third-order valence-electron chi connectivity index (χ3n) is 4.73. The van der Waals surface area contributed by atoms with E-state index >= 15 is 0 Å². The quantitative estimate of drug-likeness (QED) is 0.615. The fourth-order valence-corrected chi connectivity index (χ4v) is 3.20. The smallest absolute Gasteiger partial charge is 0.273 e. The predicted octanol–water partition coefficient (Wildman–Crippen LogP) is 2.52. The van der Waals surface area contributed by atoms with Crippen molar-refractivity contribution in [3.63, 3.8) is 0 Å². The minimum atomic E-state index is -0.220. The average molecular weight is 377 g/mol. The number of ether oxygens (including phenoxy) is 1. The molecule has 1 aliphatic heterocycles. The number of nitrogens with one attached hydrogen (secondary N) is 3. The zero-order valence-corrected chi connectivity index (χ0v) is 15.6. The first-order chi connectivity index (χ1) is 13.7. The second-order valence-electron chi connectivity index (χ2n) is 6.79. The molecule has 1 fully saturated rings. The zero-order chi connectivity index (χ0) is 19.3. The molecule has 4 rings (SSSR count). The van der Waals surface area contributed by atoms with Crippen molar-refractivity contribution < 1.29 is 9.53 Å². The van der Waals surface area contributed by atoms with Crippen molar-refractivity contribution in [1.82, 2.24) is 25.9 Å². The number of hydrogen-bond donors (Lipinski definition) is 3. The van der Waals surface area contributed by atoms with Gasteiger partial charge in [-0.3, -0.25) is 4.79 Å². The maximum atomic E-state index is 12.5. The van der Waals surface area contributed by atoms with Crippen LogP contribution in [-0.2, 0) is 6.73 Å². The molecule has 0 spiro atoms. The molecule has 0 radical (unpaired) electrons. The Balaban J connectivity index is 1.30. The molecule has 2 aromatic carbocycles. The number of amides is 1. The summed E-state index contributed by atoms with van der Waals surface area (Å²) in [6, 6.07) is 19.8. The van der Waals surface area contributed by atoms with Crippen LogP contribution in [0.15, 0.2) is 66.9 Å². The summed E-state index contributed by atoms with van der Waals surface area (Å²) in [6.07, 6.45) is 2.33. The highest BCUT2D eigenvalue weighted by Crippen LogP contribution is 2.21. The van der Waals surface area contributed by atoms with E-state index in [0.29, 0.717) is 5.69 Å². The van der Waals surface area contributed by atoms with Crippen molar-refractivity contribution in [1.29, 1.82) is 0 Å². The van der Waals surface area contributed by atoms with Gasteiger partial charge in [-0.05, 0) is 30.2 Å². The van der Waals surface area contributed by atoms with E-state index in [2.05, 4.69) is 33.4 Å². The lowest BCUT2D eigenvalue weighted by Gasteiger charge is -2.11. The summed E-state index contributed by atoms with van der Waals surface area (Å²) in [6.45, 7) is 2.24. The van der Waals surface area contributed by atoms with E-state index in [9.17, 15) is 4.79 Å². The van der Waals surface area contributed by atoms with E-state index in [4.69, 9.17) is 4.74 Å². The molecule has 2 heterocycles. The molecule has 1 aliphatic rings. The second kappa shape index (κ2) is 8.24. The summed E-state index contributed by atoms with van der Waals surface area (Å²) in [5, 5.41) is 7.27. The van der Waals surface area contributed by atoms with Crippen LogP contribution >= 0.6 is 0 Å². The summed E-state index contributed by atoms with van der Waals surface area (Å²) < 4.78 is 7.36. The molecule has 1 saturated heterocycles. The van der Waals surface area contributed by atoms with Crippen LogP contribution in [-0.4, -0.2) is 21.9 Å². The number of para-hydroxylation sites is 1. The van der Waals surface area contributed by atoms with Crippen molar-refractivity contribution in [3.05, 3.63) is 83.7 Å². The first kappa shape index (κ1) is 18.2. The maximum Gasteiger partial charge on any atom is 0.273 e. The van der Waals surface area contributed by atoms with Gasteiger partial charge in [-0.15, -0.1) is 0 Å². The molecule has 3 N–H and O–H groups in total. The first-order valence-corrected chi connectivity index (χ1v) is 9.28. The highest BCUT2D eigenvalue weighted by molar-refractivity contribution is 5.92. The van der Waals surface area contributed by atoms with E-state index in [1.165, 1.54) is 5.56 Å². The third-order valence-corrected chi connectivity index (χ3v) is 4.73. The van der Waals surface area contributed by atoms with Crippen LogP contribution in [0.1, 0.15) is 34.1 Å². The molecule has 0 aliphatic carbocycles. The summed E-state index contributed by atoms with van der Waals surface area (Å²) in [4.78, 5) is 12.5. The highest BCUT2D eigenvalue weighted by Gasteiger charge is 2.26. The van der Waals surface area contributed by atoms with Crippen molar-refractivity contribution >= 4 is 5.91 Å². The lowest BCUT2D eigenvalue weighted by molar-refractivity contribution is 0.0925. The molecule has 28 heavy (non-hydrogen) atoms. The Labute approximate surface area is 163 Å². The van der Waals surface area contributed by atoms with Crippen LogP contribution in [0.3, 0.4) is 0 Å². The number of aryl methyl sites for hydroxylation is 1. The molecule has 2 unspecified atom stereocenters. The van der Waals surface area contributed by atoms with Gasteiger partial charge in [0.25, 0.3) is 5.91 Å². The lowest BCUT2D eigenvalue weighted by Crippen LogP contribution is -2.44. The van der Waals surface area contributed by atoms with Gasteiger partial charge in [-0.1, -0.05) is 48.5 Å². The lowest BCUT2D eigenvalue weighted by atomic mass is 10.0. The van der Waals surface area contributed by atoms with Crippen LogP contribution in [0.25, 0.3) is 0 Å². The minimum Gasteiger partial charge on any atom is -0.471 e. The van der Waals surface area contributed by atoms with Crippen molar-refractivity contribution in [2.45, 2.75) is 32.3 Å². The van der Waals surface area contributed by atoms with E-state index in [-0.39, 0.29) is 24.8 Å². The second-order valence-corrected chi connectivity index (χ2v) is 6.79. The van der Waals surface area contributed by atoms with Crippen molar-refractivity contribution in [2.24, 2.45) is 0 Å². The zero-order valence-electron chi connectivity index (χ0n) is 15.6. The maximum absolute atomic E-state index is 12.5. The van der Waals surface area contributed by atoms with Crippen molar-refractivity contribution in [2.75, 3.05) is 0 Å². The normalized spacial score (nSPS) is 18.8. The Morgan fingerprint density at radius 2 is 1.93 bits per heavy atom. The molecular weight excluding hydrogens is 354 g/mol. The monoisotopic (exact) mass is 377 g/mol. The van der Waals surface area contributed by atoms with Crippen LogP contribution in [0.2, 0.25) is 0 Å². The largest absolute Gasteiger partial charge is 0.471 e. The minimum absolute atomic E-state index is 0.159. The van der Waals surface area contributed by atoms with Gasteiger partial charge in [0.1, 0.15) is 11.4 Å². The van der Waals surface area contributed by atoms with Gasteiger partial charge in [0, 0.05) is 18.7 Å². The van der Waals surface area contributed by atoms with Crippen molar-refractivity contribution in [3.8, 4) is 5.75 Å². The molecule has 144 valence electrons. The number of aromatic nitrogens is 2. The SMILES string of the molecule is Cc1ccccc1OCn1ccc(C(=O)NC2CC(c3ccccc3)NN2)n1. The Morgan fingerprint density at radius 3 is 2.75 bits per heavy atom. The number of carbonyl (C=O) groups excluding carboxylic acids is 1. The molecule has 7 heteroatoms. The molecule has 1 aromatic heterocycles. The first-order valence-electron chi connectivity index (χ1n) is 9.28. The van der Waals surface area contributed by atoms with E-state index < -0.39 is 0 Å². The average Bonchev–Trinajstić information content (AvgIpc) is 3.38. The van der Waals surface area contributed by atoms with Gasteiger partial charge in [0.15, 0.2) is 6.73 Å². The number of benzene rings is 2. The molecule has 3 aromatic rings. The Kier molecular flexibility index (Phi) is 5.36. The van der Waals surface area contributed by atoms with Gasteiger partial charge in [0.05, 0.1) is 6.17 Å². The molecule has 0 bridgehead atoms. The number of carbonyl (C=O) groups is 1. The van der Waals surface area contributed by atoms with Crippen LogP contribution in [0.5, 0.6) is 5.75 Å². The predicted molar refractivity (Wildman–Crippen MR) is 105 cm³/mol. The van der Waals surface area contributed by atoms with Gasteiger partial charge < -0.3 is 10.1 Å². The van der Waals surface area contributed by atoms with E-state index in [1.807, 2.05) is 49.4 Å². The van der Waals surface area contributed by atoms with Crippen LogP contribution in [0.4, 0.5) is 0 Å². The number of nitrogens with zero attached hydrogens (tertiary/aromatic N) is 2.